The van der Waals surface area contributed by atoms with Crippen LogP contribution in [0.1, 0.15) is 27.4 Å². The van der Waals surface area contributed by atoms with Gasteiger partial charge in [-0.3, -0.25) is 9.52 Å². The maximum Gasteiger partial charge on any atom is 0.272 e. The van der Waals surface area contributed by atoms with Crippen molar-refractivity contribution in [2.45, 2.75) is 11.8 Å². The van der Waals surface area contributed by atoms with Crippen LogP contribution in [0.5, 0.6) is 5.88 Å². The highest BCUT2D eigenvalue weighted by Gasteiger charge is 2.12. The normalized spacial score (nSPS) is 11.4. The maximum absolute atomic E-state index is 12.6. The first kappa shape index (κ1) is 21.0. The number of H-pyrrole nitrogens is 1. The molecule has 0 bridgehead atoms. The lowest BCUT2D eigenvalue weighted by atomic mass is 10.2. The van der Waals surface area contributed by atoms with Crippen molar-refractivity contribution < 1.29 is 13.7 Å². The van der Waals surface area contributed by atoms with Crippen LogP contribution in [0.25, 0.3) is 12.2 Å². The summed E-state index contributed by atoms with van der Waals surface area (Å²) in [5, 5.41) is 2.79. The van der Waals surface area contributed by atoms with Crippen molar-refractivity contribution in [3.63, 3.8) is 0 Å². The van der Waals surface area contributed by atoms with Gasteiger partial charge in [-0.05, 0) is 48.9 Å². The van der Waals surface area contributed by atoms with E-state index in [9.17, 15) is 9.00 Å². The van der Waals surface area contributed by atoms with Gasteiger partial charge in [-0.25, -0.2) is 9.19 Å². The number of hydrogen-bond donors (Lipinski definition) is 3. The molecule has 1 atom stereocenters. The molecular formula is C21H21N5O3S. The number of rotatable bonds is 8. The molecule has 1 amide bonds. The number of aryl methyl sites for hydroxylation is 1. The number of nitrogens with one attached hydrogen (secondary N) is 3. The monoisotopic (exact) mass is 423 g/mol. The number of benzene rings is 1. The first-order valence-electron chi connectivity index (χ1n) is 8.91. The van der Waals surface area contributed by atoms with Crippen LogP contribution in [0, 0.1) is 6.92 Å². The summed E-state index contributed by atoms with van der Waals surface area (Å²) < 4.78 is 20.4. The number of nitrogens with zero attached hydrogens (tertiary/aromatic N) is 2. The number of aromatic nitrogens is 3. The van der Waals surface area contributed by atoms with E-state index >= 15 is 0 Å². The van der Waals surface area contributed by atoms with Crippen molar-refractivity contribution in [3.05, 3.63) is 72.2 Å². The molecule has 30 heavy (non-hydrogen) atoms. The summed E-state index contributed by atoms with van der Waals surface area (Å²) in [7, 11) is -0.0846. The molecule has 0 spiro atoms. The lowest BCUT2D eigenvalue weighted by molar-refractivity contribution is 0.102. The minimum atomic E-state index is -1.58. The maximum atomic E-state index is 12.6. The van der Waals surface area contributed by atoms with E-state index in [0.29, 0.717) is 27.9 Å². The highest BCUT2D eigenvalue weighted by atomic mass is 32.2. The number of methoxy groups -OCH3 is 1. The molecule has 0 radical (unpaired) electrons. The third-order valence-corrected chi connectivity index (χ3v) is 5.17. The third kappa shape index (κ3) is 4.81. The molecule has 154 valence electrons. The molecular weight excluding hydrogens is 402 g/mol. The molecule has 0 aliphatic rings. The van der Waals surface area contributed by atoms with E-state index in [-0.39, 0.29) is 11.9 Å². The number of anilines is 2. The summed E-state index contributed by atoms with van der Waals surface area (Å²) in [6.07, 6.45) is 3.27. The van der Waals surface area contributed by atoms with E-state index < -0.39 is 11.0 Å². The van der Waals surface area contributed by atoms with E-state index in [1.165, 1.54) is 7.11 Å². The zero-order valence-electron chi connectivity index (χ0n) is 16.6. The number of ether oxygens (including phenoxy) is 1. The molecule has 3 rings (SSSR count). The van der Waals surface area contributed by atoms with Crippen LogP contribution in [0.15, 0.2) is 54.5 Å². The fourth-order valence-corrected chi connectivity index (χ4v) is 3.40. The minimum absolute atomic E-state index is 0.199. The molecule has 3 aromatic rings. The Bertz CT molecular complexity index is 1100. The number of carbonyl (C=O) groups is 1. The first-order chi connectivity index (χ1) is 14.4. The highest BCUT2D eigenvalue weighted by Crippen LogP contribution is 2.18. The summed E-state index contributed by atoms with van der Waals surface area (Å²) in [6, 6.07) is 9.98. The van der Waals surface area contributed by atoms with Gasteiger partial charge in [-0.1, -0.05) is 19.2 Å². The van der Waals surface area contributed by atoms with Crippen molar-refractivity contribution >= 4 is 40.7 Å². The van der Waals surface area contributed by atoms with Crippen LogP contribution < -0.4 is 14.8 Å². The van der Waals surface area contributed by atoms with E-state index in [0.717, 1.165) is 11.3 Å². The summed E-state index contributed by atoms with van der Waals surface area (Å²) in [5.41, 5.74) is 3.15. The molecule has 0 aliphatic carbocycles. The quantitative estimate of drug-likeness (QED) is 0.511. The van der Waals surface area contributed by atoms with Gasteiger partial charge >= 0.3 is 0 Å². The van der Waals surface area contributed by atoms with Crippen molar-refractivity contribution in [1.29, 1.82) is 0 Å². The molecule has 0 fully saturated rings. The van der Waals surface area contributed by atoms with Crippen LogP contribution in [0.2, 0.25) is 0 Å². The predicted octanol–water partition coefficient (Wildman–Crippen LogP) is 3.79. The fourth-order valence-electron chi connectivity index (χ4n) is 2.64. The Morgan fingerprint density at radius 3 is 2.50 bits per heavy atom. The van der Waals surface area contributed by atoms with Crippen molar-refractivity contribution in [2.75, 3.05) is 17.1 Å². The van der Waals surface area contributed by atoms with Gasteiger partial charge < -0.3 is 15.0 Å². The molecule has 0 aliphatic heterocycles. The van der Waals surface area contributed by atoms with Crippen molar-refractivity contribution in [3.8, 4) is 5.88 Å². The Balaban J connectivity index is 1.68. The van der Waals surface area contributed by atoms with Crippen LogP contribution >= 0.6 is 0 Å². The number of carbonyl (C=O) groups excluding carboxylic acids is 1. The zero-order valence-corrected chi connectivity index (χ0v) is 17.4. The lowest BCUT2D eigenvalue weighted by Gasteiger charge is -2.08. The van der Waals surface area contributed by atoms with Gasteiger partial charge in [0.25, 0.3) is 5.91 Å². The van der Waals surface area contributed by atoms with Gasteiger partial charge in [0.2, 0.25) is 11.8 Å². The van der Waals surface area contributed by atoms with E-state index in [2.05, 4.69) is 38.1 Å². The third-order valence-electron chi connectivity index (χ3n) is 4.10. The second-order valence-electron chi connectivity index (χ2n) is 6.18. The zero-order chi connectivity index (χ0) is 21.7. The van der Waals surface area contributed by atoms with E-state index in [1.807, 2.05) is 0 Å². The lowest BCUT2D eigenvalue weighted by Crippen LogP contribution is -2.13. The summed E-state index contributed by atoms with van der Waals surface area (Å²) in [5.74, 6) is 0.271. The average Bonchev–Trinajstić information content (AvgIpc) is 3.17. The van der Waals surface area contributed by atoms with Crippen molar-refractivity contribution in [2.24, 2.45) is 0 Å². The number of aromatic amines is 1. The summed E-state index contributed by atoms with van der Waals surface area (Å²) in [6.45, 7) is 9.21. The molecule has 2 heterocycles. The van der Waals surface area contributed by atoms with Gasteiger partial charge in [0.1, 0.15) is 5.69 Å². The largest absolute Gasteiger partial charge is 0.481 e. The van der Waals surface area contributed by atoms with Gasteiger partial charge in [-0.2, -0.15) is 4.98 Å². The molecule has 2 aromatic heterocycles. The topological polar surface area (TPSA) is 109 Å². The van der Waals surface area contributed by atoms with Crippen LogP contribution in [-0.2, 0) is 11.0 Å². The molecule has 9 heteroatoms. The fraction of sp³-hybridized carbons (Fsp3) is 0.0952. The van der Waals surface area contributed by atoms with E-state index in [1.54, 1.807) is 55.5 Å². The smallest absolute Gasteiger partial charge is 0.272 e. The first-order valence-corrected chi connectivity index (χ1v) is 10.1. The number of hydrogen-bond acceptors (Lipinski definition) is 5. The Morgan fingerprint density at radius 1 is 1.17 bits per heavy atom. The Hall–Kier alpha value is -3.72. The standard InChI is InChI=1S/C21H21N5O3S/c1-5-14-12-18(24-17(14)6-2)20(27)23-15-7-9-16(10-8-15)30(28)26-21-22-13(3)11-19(25-21)29-4/h5-12,24H,1-2H2,3-4H3,(H,23,27)(H,22,25,26). The van der Waals surface area contributed by atoms with Gasteiger partial charge in [-0.15, -0.1) is 0 Å². The van der Waals surface area contributed by atoms with Gasteiger partial charge in [0.15, 0.2) is 11.0 Å². The van der Waals surface area contributed by atoms with Crippen LogP contribution in [0.4, 0.5) is 11.6 Å². The van der Waals surface area contributed by atoms with Crippen LogP contribution in [0.3, 0.4) is 0 Å². The Morgan fingerprint density at radius 2 is 1.90 bits per heavy atom. The Kier molecular flexibility index (Phi) is 6.43. The predicted molar refractivity (Wildman–Crippen MR) is 119 cm³/mol. The summed E-state index contributed by atoms with van der Waals surface area (Å²) in [4.78, 5) is 24.3. The summed E-state index contributed by atoms with van der Waals surface area (Å²) >= 11 is 0. The second-order valence-corrected chi connectivity index (χ2v) is 7.40. The second kappa shape index (κ2) is 9.19. The average molecular weight is 423 g/mol. The molecule has 1 unspecified atom stereocenters. The molecule has 0 saturated heterocycles. The number of amides is 1. The van der Waals surface area contributed by atoms with Crippen LogP contribution in [-0.4, -0.2) is 32.2 Å². The minimum Gasteiger partial charge on any atom is -0.481 e. The SMILES string of the molecule is C=Cc1cc(C(=O)Nc2ccc(S(=O)Nc3nc(C)cc(OC)n3)cc2)[nH]c1C=C. The van der Waals surface area contributed by atoms with Crippen molar-refractivity contribution in [1.82, 2.24) is 15.0 Å². The van der Waals surface area contributed by atoms with E-state index in [4.69, 9.17) is 4.74 Å². The molecule has 3 N–H and O–H groups in total. The molecule has 1 aromatic carbocycles. The highest BCUT2D eigenvalue weighted by molar-refractivity contribution is 7.86. The van der Waals surface area contributed by atoms with Gasteiger partial charge in [0, 0.05) is 23.1 Å². The molecule has 0 saturated carbocycles. The molecule has 8 nitrogen and oxygen atoms in total. The Labute approximate surface area is 176 Å². The van der Waals surface area contributed by atoms with Gasteiger partial charge in [0.05, 0.1) is 12.0 Å².